The molecule has 1 unspecified atom stereocenters. The van der Waals surface area contributed by atoms with E-state index in [0.717, 1.165) is 25.0 Å². The van der Waals surface area contributed by atoms with Crippen LogP contribution in [0.3, 0.4) is 0 Å². The van der Waals surface area contributed by atoms with Crippen LogP contribution in [0.25, 0.3) is 0 Å². The van der Waals surface area contributed by atoms with Crippen molar-refractivity contribution in [3.8, 4) is 11.9 Å². The van der Waals surface area contributed by atoms with Gasteiger partial charge in [0.2, 0.25) is 5.88 Å². The summed E-state index contributed by atoms with van der Waals surface area (Å²) in [4.78, 5) is 18.3. The van der Waals surface area contributed by atoms with E-state index in [1.807, 2.05) is 0 Å². The van der Waals surface area contributed by atoms with E-state index in [4.69, 9.17) is 14.5 Å². The number of hydrogen-bond acceptors (Lipinski definition) is 6. The molecule has 0 spiro atoms. The van der Waals surface area contributed by atoms with Gasteiger partial charge in [0, 0.05) is 37.2 Å². The van der Waals surface area contributed by atoms with Crippen molar-refractivity contribution in [3.05, 3.63) is 41.4 Å². The average molecular weight is 324 g/mol. The highest BCUT2D eigenvalue weighted by Crippen LogP contribution is 2.40. The number of nitriles is 1. The number of rotatable bonds is 4. The van der Waals surface area contributed by atoms with E-state index in [1.54, 1.807) is 29.3 Å². The number of aromatic nitrogens is 2. The first-order valence-electron chi connectivity index (χ1n) is 8.01. The third-order valence-electron chi connectivity index (χ3n) is 4.31. The molecule has 2 aromatic rings. The van der Waals surface area contributed by atoms with E-state index >= 15 is 0 Å². The lowest BCUT2D eigenvalue weighted by Crippen LogP contribution is -2.31. The molecule has 7 nitrogen and oxygen atoms in total. The van der Waals surface area contributed by atoms with Gasteiger partial charge in [-0.15, -0.1) is 0 Å². The van der Waals surface area contributed by atoms with Crippen molar-refractivity contribution < 1.29 is 14.1 Å². The predicted molar refractivity (Wildman–Crippen MR) is 82.4 cm³/mol. The SMILES string of the molecule is N#Cc1ccnc(OC2CCN(C(=O)c3cc(C4CC4)on3)C2)c1. The molecule has 3 heterocycles. The summed E-state index contributed by atoms with van der Waals surface area (Å²) in [5.41, 5.74) is 0.864. The highest BCUT2D eigenvalue weighted by Gasteiger charge is 2.32. The lowest BCUT2D eigenvalue weighted by atomic mass is 10.2. The van der Waals surface area contributed by atoms with Crippen LogP contribution in [0.2, 0.25) is 0 Å². The molecule has 4 rings (SSSR count). The lowest BCUT2D eigenvalue weighted by molar-refractivity contribution is 0.0761. The van der Waals surface area contributed by atoms with Crippen LogP contribution < -0.4 is 4.74 Å². The number of likely N-dealkylation sites (tertiary alicyclic amines) is 1. The van der Waals surface area contributed by atoms with Gasteiger partial charge in [0.1, 0.15) is 11.9 Å². The number of carbonyl (C=O) groups is 1. The van der Waals surface area contributed by atoms with E-state index in [-0.39, 0.29) is 12.0 Å². The van der Waals surface area contributed by atoms with Gasteiger partial charge >= 0.3 is 0 Å². The monoisotopic (exact) mass is 324 g/mol. The second-order valence-corrected chi connectivity index (χ2v) is 6.16. The Labute approximate surface area is 138 Å². The average Bonchev–Trinajstić information content (AvgIpc) is 3.16. The fraction of sp³-hybridized carbons (Fsp3) is 0.412. The lowest BCUT2D eigenvalue weighted by Gasteiger charge is -2.15. The molecule has 0 bridgehead atoms. The summed E-state index contributed by atoms with van der Waals surface area (Å²) in [7, 11) is 0. The van der Waals surface area contributed by atoms with Crippen LogP contribution in [-0.2, 0) is 0 Å². The number of nitrogens with zero attached hydrogens (tertiary/aromatic N) is 4. The summed E-state index contributed by atoms with van der Waals surface area (Å²) in [5.74, 6) is 1.52. The third kappa shape index (κ3) is 2.95. The van der Waals surface area contributed by atoms with Gasteiger partial charge in [-0.25, -0.2) is 4.98 Å². The van der Waals surface area contributed by atoms with Crippen LogP contribution in [0.4, 0.5) is 0 Å². The number of hydrogen-bond donors (Lipinski definition) is 0. The van der Waals surface area contributed by atoms with Crippen molar-refractivity contribution in [2.45, 2.75) is 31.3 Å². The van der Waals surface area contributed by atoms with Gasteiger partial charge in [0.15, 0.2) is 5.69 Å². The normalized spacial score (nSPS) is 20.0. The Morgan fingerprint density at radius 1 is 1.38 bits per heavy atom. The minimum Gasteiger partial charge on any atom is -0.472 e. The molecular formula is C17H16N4O3. The molecule has 0 aromatic carbocycles. The van der Waals surface area contributed by atoms with Crippen LogP contribution in [0.15, 0.2) is 28.9 Å². The highest BCUT2D eigenvalue weighted by molar-refractivity contribution is 5.92. The second kappa shape index (κ2) is 5.96. The maximum Gasteiger partial charge on any atom is 0.276 e. The summed E-state index contributed by atoms with van der Waals surface area (Å²) in [6.45, 7) is 1.08. The molecule has 122 valence electrons. The molecule has 0 radical (unpaired) electrons. The van der Waals surface area contributed by atoms with Crippen molar-refractivity contribution in [1.29, 1.82) is 5.26 Å². The van der Waals surface area contributed by atoms with Crippen LogP contribution in [0.5, 0.6) is 5.88 Å². The first kappa shape index (κ1) is 14.7. The van der Waals surface area contributed by atoms with Crippen molar-refractivity contribution in [3.63, 3.8) is 0 Å². The fourth-order valence-corrected chi connectivity index (χ4v) is 2.84. The Balaban J connectivity index is 1.38. The number of carbonyl (C=O) groups excluding carboxylic acids is 1. The topological polar surface area (TPSA) is 92.2 Å². The maximum atomic E-state index is 12.5. The molecule has 24 heavy (non-hydrogen) atoms. The van der Waals surface area contributed by atoms with Gasteiger partial charge < -0.3 is 14.2 Å². The number of pyridine rings is 1. The first-order chi connectivity index (χ1) is 11.7. The molecule has 1 aliphatic carbocycles. The molecule has 2 aliphatic rings. The summed E-state index contributed by atoms with van der Waals surface area (Å²) < 4.78 is 11.0. The van der Waals surface area contributed by atoms with E-state index < -0.39 is 0 Å². The molecule has 2 aromatic heterocycles. The Morgan fingerprint density at radius 2 is 2.25 bits per heavy atom. The third-order valence-corrected chi connectivity index (χ3v) is 4.31. The minimum atomic E-state index is -0.134. The molecular weight excluding hydrogens is 308 g/mol. The maximum absolute atomic E-state index is 12.5. The Bertz CT molecular complexity index is 806. The van der Waals surface area contributed by atoms with E-state index in [2.05, 4.69) is 16.2 Å². The zero-order valence-corrected chi connectivity index (χ0v) is 13.0. The highest BCUT2D eigenvalue weighted by atomic mass is 16.5. The molecule has 1 saturated carbocycles. The smallest absolute Gasteiger partial charge is 0.276 e. The number of amides is 1. The molecule has 1 aliphatic heterocycles. The fourth-order valence-electron chi connectivity index (χ4n) is 2.84. The van der Waals surface area contributed by atoms with E-state index in [1.165, 1.54) is 0 Å². The van der Waals surface area contributed by atoms with Gasteiger partial charge in [-0.3, -0.25) is 4.79 Å². The first-order valence-corrected chi connectivity index (χ1v) is 8.01. The Kier molecular flexibility index (Phi) is 3.65. The molecule has 2 fully saturated rings. The zero-order chi connectivity index (χ0) is 16.5. The Morgan fingerprint density at radius 3 is 3.04 bits per heavy atom. The van der Waals surface area contributed by atoms with Crippen LogP contribution in [-0.4, -0.2) is 40.1 Å². The van der Waals surface area contributed by atoms with Gasteiger partial charge in [0.05, 0.1) is 18.2 Å². The quantitative estimate of drug-likeness (QED) is 0.855. The minimum absolute atomic E-state index is 0.129. The van der Waals surface area contributed by atoms with Crippen LogP contribution in [0, 0.1) is 11.3 Å². The van der Waals surface area contributed by atoms with Gasteiger partial charge in [-0.05, 0) is 18.9 Å². The molecule has 7 heteroatoms. The van der Waals surface area contributed by atoms with E-state index in [0.29, 0.717) is 36.1 Å². The van der Waals surface area contributed by atoms with E-state index in [9.17, 15) is 4.79 Å². The second-order valence-electron chi connectivity index (χ2n) is 6.16. The van der Waals surface area contributed by atoms with Crippen LogP contribution >= 0.6 is 0 Å². The largest absolute Gasteiger partial charge is 0.472 e. The van der Waals surface area contributed by atoms with Gasteiger partial charge in [-0.1, -0.05) is 5.16 Å². The predicted octanol–water partition coefficient (Wildman–Crippen LogP) is 2.11. The molecule has 1 saturated heterocycles. The summed E-state index contributed by atoms with van der Waals surface area (Å²) in [6.07, 6.45) is 4.34. The molecule has 1 atom stereocenters. The Hall–Kier alpha value is -2.88. The molecule has 0 N–H and O–H groups in total. The summed E-state index contributed by atoms with van der Waals surface area (Å²) >= 11 is 0. The summed E-state index contributed by atoms with van der Waals surface area (Å²) in [5, 5.41) is 12.8. The zero-order valence-electron chi connectivity index (χ0n) is 13.0. The number of ether oxygens (including phenoxy) is 1. The van der Waals surface area contributed by atoms with Gasteiger partial charge in [0.25, 0.3) is 5.91 Å². The summed E-state index contributed by atoms with van der Waals surface area (Å²) in [6, 6.07) is 7.04. The van der Waals surface area contributed by atoms with Crippen molar-refractivity contribution in [1.82, 2.24) is 15.0 Å². The molecule has 1 amide bonds. The van der Waals surface area contributed by atoms with Crippen LogP contribution in [0.1, 0.15) is 47.0 Å². The van der Waals surface area contributed by atoms with Crippen molar-refractivity contribution in [2.75, 3.05) is 13.1 Å². The van der Waals surface area contributed by atoms with Crippen molar-refractivity contribution in [2.24, 2.45) is 0 Å². The van der Waals surface area contributed by atoms with Gasteiger partial charge in [-0.2, -0.15) is 5.26 Å². The standard InChI is InChI=1S/C17H16N4O3/c18-9-11-3-5-19-16(7-11)23-13-4-6-21(10-13)17(22)14-8-15(24-20-14)12-1-2-12/h3,5,7-8,12-13H,1-2,4,6,10H2. The van der Waals surface area contributed by atoms with Crippen molar-refractivity contribution >= 4 is 5.91 Å².